The Morgan fingerprint density at radius 1 is 0.929 bits per heavy atom. The predicted molar refractivity (Wildman–Crippen MR) is 105 cm³/mol. The fraction of sp³-hybridized carbons (Fsp3) is 0.333. The van der Waals surface area contributed by atoms with Gasteiger partial charge in [-0.05, 0) is 61.7 Å². The number of benzene rings is 2. The van der Waals surface area contributed by atoms with Gasteiger partial charge in [-0.2, -0.15) is 4.31 Å². The predicted octanol–water partition coefficient (Wildman–Crippen LogP) is 3.21. The van der Waals surface area contributed by atoms with Crippen molar-refractivity contribution in [1.82, 2.24) is 4.31 Å². The van der Waals surface area contributed by atoms with Crippen LogP contribution in [-0.4, -0.2) is 37.6 Å². The van der Waals surface area contributed by atoms with Crippen molar-refractivity contribution < 1.29 is 22.7 Å². The molecular weight excluding hydrogens is 378 g/mol. The molecule has 7 heteroatoms. The molecule has 0 radical (unpaired) electrons. The zero-order valence-corrected chi connectivity index (χ0v) is 16.6. The highest BCUT2D eigenvalue weighted by Gasteiger charge is 2.25. The van der Waals surface area contributed by atoms with Crippen molar-refractivity contribution >= 4 is 21.8 Å². The molecule has 0 unspecified atom stereocenters. The lowest BCUT2D eigenvalue weighted by atomic mass is 10.1. The Bertz CT molecular complexity index is 943. The third-order valence-corrected chi connectivity index (χ3v) is 6.63. The molecule has 2 aromatic rings. The Balaban J connectivity index is 1.62. The Hall–Kier alpha value is -2.51. The molecule has 0 spiro atoms. The third kappa shape index (κ3) is 4.85. The topological polar surface area (TPSA) is 80.8 Å². The SMILES string of the molecule is CC(=O)c1ccc(OC(=O)Cc2ccc(S(=O)(=O)N3CCCCC3)cc2)cc1. The minimum Gasteiger partial charge on any atom is -0.426 e. The maximum Gasteiger partial charge on any atom is 0.315 e. The van der Waals surface area contributed by atoms with E-state index in [4.69, 9.17) is 4.74 Å². The minimum absolute atomic E-state index is 0.0263. The molecule has 0 aromatic heterocycles. The van der Waals surface area contributed by atoms with Crippen molar-refractivity contribution in [3.05, 3.63) is 59.7 Å². The first-order chi connectivity index (χ1) is 13.4. The van der Waals surface area contributed by atoms with Gasteiger partial charge in [0.05, 0.1) is 11.3 Å². The molecule has 3 rings (SSSR count). The Kier molecular flexibility index (Phi) is 6.26. The third-order valence-electron chi connectivity index (χ3n) is 4.72. The highest BCUT2D eigenvalue weighted by Crippen LogP contribution is 2.21. The molecule has 0 N–H and O–H groups in total. The van der Waals surface area contributed by atoms with E-state index < -0.39 is 16.0 Å². The van der Waals surface area contributed by atoms with E-state index in [0.717, 1.165) is 19.3 Å². The molecule has 6 nitrogen and oxygen atoms in total. The molecule has 1 heterocycles. The van der Waals surface area contributed by atoms with Crippen molar-refractivity contribution in [3.8, 4) is 5.75 Å². The zero-order chi connectivity index (χ0) is 20.1. The first kappa shape index (κ1) is 20.2. The fourth-order valence-electron chi connectivity index (χ4n) is 3.13. The average molecular weight is 401 g/mol. The maximum atomic E-state index is 12.6. The molecule has 2 aromatic carbocycles. The van der Waals surface area contributed by atoms with Crippen molar-refractivity contribution in [3.63, 3.8) is 0 Å². The van der Waals surface area contributed by atoms with Crippen molar-refractivity contribution in [2.24, 2.45) is 0 Å². The van der Waals surface area contributed by atoms with Crippen LogP contribution in [0.1, 0.15) is 42.1 Å². The summed E-state index contributed by atoms with van der Waals surface area (Å²) in [5.41, 5.74) is 1.22. The summed E-state index contributed by atoms with van der Waals surface area (Å²) in [5, 5.41) is 0. The number of nitrogens with zero attached hydrogens (tertiary/aromatic N) is 1. The number of piperidine rings is 1. The summed E-state index contributed by atoms with van der Waals surface area (Å²) in [6, 6.07) is 12.7. The summed E-state index contributed by atoms with van der Waals surface area (Å²) >= 11 is 0. The number of carbonyl (C=O) groups is 2. The maximum absolute atomic E-state index is 12.6. The number of ketones is 1. The van der Waals surface area contributed by atoms with Crippen molar-refractivity contribution in [2.45, 2.75) is 37.5 Å². The van der Waals surface area contributed by atoms with Gasteiger partial charge in [0.25, 0.3) is 0 Å². The summed E-state index contributed by atoms with van der Waals surface area (Å²) in [6.07, 6.45) is 2.86. The van der Waals surface area contributed by atoms with Gasteiger partial charge in [0.2, 0.25) is 10.0 Å². The van der Waals surface area contributed by atoms with Crippen LogP contribution < -0.4 is 4.74 Å². The van der Waals surface area contributed by atoms with E-state index in [2.05, 4.69) is 0 Å². The van der Waals surface area contributed by atoms with Crippen molar-refractivity contribution in [2.75, 3.05) is 13.1 Å². The van der Waals surface area contributed by atoms with Crippen LogP contribution in [0.5, 0.6) is 5.75 Å². The number of rotatable bonds is 6. The molecule has 1 saturated heterocycles. The first-order valence-corrected chi connectivity index (χ1v) is 10.7. The van der Waals surface area contributed by atoms with Crippen LogP contribution in [0.2, 0.25) is 0 Å². The molecule has 1 aliphatic rings. The molecule has 28 heavy (non-hydrogen) atoms. The van der Waals surface area contributed by atoms with Gasteiger partial charge in [-0.3, -0.25) is 9.59 Å². The molecule has 0 atom stereocenters. The Labute approximate surface area is 165 Å². The second-order valence-corrected chi connectivity index (χ2v) is 8.78. The lowest BCUT2D eigenvalue weighted by molar-refractivity contribution is -0.133. The highest BCUT2D eigenvalue weighted by atomic mass is 32.2. The van der Waals surface area contributed by atoms with Gasteiger partial charge in [0.1, 0.15) is 5.75 Å². The summed E-state index contributed by atoms with van der Waals surface area (Å²) in [4.78, 5) is 23.6. The molecule has 0 aliphatic carbocycles. The van der Waals surface area contributed by atoms with Crippen molar-refractivity contribution in [1.29, 1.82) is 0 Å². The van der Waals surface area contributed by atoms with E-state index >= 15 is 0 Å². The van der Waals surface area contributed by atoms with Crippen LogP contribution in [0, 0.1) is 0 Å². The number of esters is 1. The number of hydrogen-bond acceptors (Lipinski definition) is 5. The summed E-state index contributed by atoms with van der Waals surface area (Å²) in [5.74, 6) is -0.154. The largest absolute Gasteiger partial charge is 0.426 e. The average Bonchev–Trinajstić information content (AvgIpc) is 2.69. The van der Waals surface area contributed by atoms with Crippen LogP contribution in [0.25, 0.3) is 0 Å². The van der Waals surface area contributed by atoms with E-state index in [1.54, 1.807) is 36.4 Å². The molecule has 1 fully saturated rings. The zero-order valence-electron chi connectivity index (χ0n) is 15.8. The van der Waals surface area contributed by atoms with E-state index in [1.165, 1.54) is 23.4 Å². The van der Waals surface area contributed by atoms with Gasteiger partial charge in [-0.1, -0.05) is 18.6 Å². The minimum atomic E-state index is -3.48. The molecule has 148 valence electrons. The smallest absolute Gasteiger partial charge is 0.315 e. The Morgan fingerprint density at radius 3 is 2.11 bits per heavy atom. The van der Waals surface area contributed by atoms with Gasteiger partial charge >= 0.3 is 5.97 Å². The first-order valence-electron chi connectivity index (χ1n) is 9.27. The lowest BCUT2D eigenvalue weighted by Gasteiger charge is -2.25. The normalized spacial score (nSPS) is 15.2. The van der Waals surface area contributed by atoms with E-state index in [9.17, 15) is 18.0 Å². The van der Waals surface area contributed by atoms with Crippen LogP contribution >= 0.6 is 0 Å². The molecular formula is C21H23NO5S. The molecule has 0 saturated carbocycles. The lowest BCUT2D eigenvalue weighted by Crippen LogP contribution is -2.35. The van der Waals surface area contributed by atoms with Gasteiger partial charge in [0.15, 0.2) is 5.78 Å². The monoisotopic (exact) mass is 401 g/mol. The van der Waals surface area contributed by atoms with Crippen LogP contribution in [0.3, 0.4) is 0 Å². The summed E-state index contributed by atoms with van der Waals surface area (Å²) < 4.78 is 32.1. The Morgan fingerprint density at radius 2 is 1.54 bits per heavy atom. The van der Waals surface area contributed by atoms with Crippen LogP contribution in [-0.2, 0) is 21.2 Å². The van der Waals surface area contributed by atoms with Crippen LogP contribution in [0.4, 0.5) is 0 Å². The number of hydrogen-bond donors (Lipinski definition) is 0. The van der Waals surface area contributed by atoms with E-state index in [0.29, 0.717) is 30.0 Å². The number of ether oxygens (including phenoxy) is 1. The number of carbonyl (C=O) groups excluding carboxylic acids is 2. The van der Waals surface area contributed by atoms with Crippen LogP contribution in [0.15, 0.2) is 53.4 Å². The standard InChI is InChI=1S/C21H23NO5S/c1-16(23)18-7-9-19(10-8-18)27-21(24)15-17-5-11-20(12-6-17)28(25,26)22-13-3-2-4-14-22/h5-12H,2-4,13-15H2,1H3. The second kappa shape index (κ2) is 8.67. The van der Waals surface area contributed by atoms with Gasteiger partial charge in [-0.15, -0.1) is 0 Å². The van der Waals surface area contributed by atoms with E-state index in [1.807, 2.05) is 0 Å². The number of sulfonamides is 1. The van der Waals surface area contributed by atoms with Gasteiger partial charge < -0.3 is 4.74 Å². The summed E-state index contributed by atoms with van der Waals surface area (Å²) in [6.45, 7) is 2.58. The molecule has 0 bridgehead atoms. The molecule has 0 amide bonds. The number of Topliss-reactive ketones (excluding diaryl/α,β-unsaturated/α-hetero) is 1. The fourth-order valence-corrected chi connectivity index (χ4v) is 4.64. The second-order valence-electron chi connectivity index (χ2n) is 6.84. The molecule has 1 aliphatic heterocycles. The van der Waals surface area contributed by atoms with E-state index in [-0.39, 0.29) is 17.1 Å². The summed E-state index contributed by atoms with van der Waals surface area (Å²) in [7, 11) is -3.48. The highest BCUT2D eigenvalue weighted by molar-refractivity contribution is 7.89. The quantitative estimate of drug-likeness (QED) is 0.422. The van der Waals surface area contributed by atoms with Gasteiger partial charge in [-0.25, -0.2) is 8.42 Å². The van der Waals surface area contributed by atoms with Gasteiger partial charge in [0, 0.05) is 18.7 Å².